The van der Waals surface area contributed by atoms with Gasteiger partial charge < -0.3 is 11.1 Å². The number of H-pyrrole nitrogens is 1. The standard InChI is InChI=1S/C13H11FN4O/c14-11-4-3-10(8-9(11)2-1-6-15)17-13(19)12-5-7-16-18-12/h3-5,7-8H,6,15H2,(H,16,18)(H,17,19). The van der Waals surface area contributed by atoms with Gasteiger partial charge in [-0.05, 0) is 24.3 Å². The van der Waals surface area contributed by atoms with E-state index in [1.165, 1.54) is 30.5 Å². The van der Waals surface area contributed by atoms with Crippen molar-refractivity contribution in [2.24, 2.45) is 5.73 Å². The Hall–Kier alpha value is -2.65. The highest BCUT2D eigenvalue weighted by Crippen LogP contribution is 2.14. The van der Waals surface area contributed by atoms with Crippen LogP contribution >= 0.6 is 0 Å². The SMILES string of the molecule is NCC#Cc1cc(NC(=O)c2ccn[nH]2)ccc1F. The molecule has 0 spiro atoms. The Morgan fingerprint density at radius 2 is 2.32 bits per heavy atom. The molecule has 0 saturated heterocycles. The minimum atomic E-state index is -0.458. The summed E-state index contributed by atoms with van der Waals surface area (Å²) in [5.41, 5.74) is 6.19. The zero-order valence-electron chi connectivity index (χ0n) is 9.90. The lowest BCUT2D eigenvalue weighted by Gasteiger charge is -2.04. The van der Waals surface area contributed by atoms with Crippen molar-refractivity contribution < 1.29 is 9.18 Å². The number of nitrogens with two attached hydrogens (primary N) is 1. The number of carbonyl (C=O) groups excluding carboxylic acids is 1. The molecule has 0 unspecified atom stereocenters. The number of halogens is 1. The Kier molecular flexibility index (Phi) is 3.90. The zero-order chi connectivity index (χ0) is 13.7. The number of aromatic nitrogens is 2. The summed E-state index contributed by atoms with van der Waals surface area (Å²) in [6.07, 6.45) is 1.47. The van der Waals surface area contributed by atoms with Crippen LogP contribution in [0.1, 0.15) is 16.1 Å². The fraction of sp³-hybridized carbons (Fsp3) is 0.0769. The van der Waals surface area contributed by atoms with Gasteiger partial charge in [-0.25, -0.2) is 4.39 Å². The van der Waals surface area contributed by atoms with Crippen LogP contribution in [0.2, 0.25) is 0 Å². The number of rotatable bonds is 2. The summed E-state index contributed by atoms with van der Waals surface area (Å²) in [6, 6.07) is 5.68. The number of hydrogen-bond acceptors (Lipinski definition) is 3. The Balaban J connectivity index is 2.19. The molecule has 4 N–H and O–H groups in total. The van der Waals surface area contributed by atoms with E-state index in [1.807, 2.05) is 0 Å². The highest BCUT2D eigenvalue weighted by atomic mass is 19.1. The van der Waals surface area contributed by atoms with E-state index in [9.17, 15) is 9.18 Å². The molecule has 19 heavy (non-hydrogen) atoms. The number of hydrogen-bond donors (Lipinski definition) is 3. The lowest BCUT2D eigenvalue weighted by Crippen LogP contribution is -2.12. The van der Waals surface area contributed by atoms with Crippen molar-refractivity contribution in [2.45, 2.75) is 0 Å². The lowest BCUT2D eigenvalue weighted by molar-refractivity contribution is 0.102. The molecule has 96 valence electrons. The molecule has 1 aromatic heterocycles. The molecule has 1 heterocycles. The smallest absolute Gasteiger partial charge is 0.273 e. The summed E-state index contributed by atoms with van der Waals surface area (Å²) in [4.78, 5) is 11.8. The van der Waals surface area contributed by atoms with Gasteiger partial charge in [0.05, 0.1) is 12.1 Å². The summed E-state index contributed by atoms with van der Waals surface area (Å²) < 4.78 is 13.4. The molecule has 0 aliphatic carbocycles. The summed E-state index contributed by atoms with van der Waals surface area (Å²) >= 11 is 0. The van der Waals surface area contributed by atoms with E-state index in [1.54, 1.807) is 0 Å². The van der Waals surface area contributed by atoms with Crippen molar-refractivity contribution in [3.05, 3.63) is 47.5 Å². The van der Waals surface area contributed by atoms with Crippen LogP contribution < -0.4 is 11.1 Å². The number of benzene rings is 1. The fourth-order valence-corrected chi connectivity index (χ4v) is 1.43. The van der Waals surface area contributed by atoms with Crippen LogP contribution in [0.25, 0.3) is 0 Å². The normalized spacial score (nSPS) is 9.58. The second kappa shape index (κ2) is 5.80. The van der Waals surface area contributed by atoms with Gasteiger partial charge in [-0.2, -0.15) is 5.10 Å². The van der Waals surface area contributed by atoms with Crippen LogP contribution in [0.4, 0.5) is 10.1 Å². The van der Waals surface area contributed by atoms with E-state index < -0.39 is 5.82 Å². The number of nitrogens with zero attached hydrogens (tertiary/aromatic N) is 1. The average molecular weight is 258 g/mol. The van der Waals surface area contributed by atoms with Gasteiger partial charge in [0, 0.05) is 11.9 Å². The number of aromatic amines is 1. The van der Waals surface area contributed by atoms with Crippen molar-refractivity contribution in [3.8, 4) is 11.8 Å². The van der Waals surface area contributed by atoms with Gasteiger partial charge in [-0.3, -0.25) is 9.89 Å². The first-order chi connectivity index (χ1) is 9.20. The molecule has 6 heteroatoms. The highest BCUT2D eigenvalue weighted by Gasteiger charge is 2.08. The van der Waals surface area contributed by atoms with E-state index in [0.717, 1.165) is 0 Å². The molecule has 0 fully saturated rings. The van der Waals surface area contributed by atoms with Gasteiger partial charge in [-0.1, -0.05) is 11.8 Å². The van der Waals surface area contributed by atoms with Gasteiger partial charge in [-0.15, -0.1) is 0 Å². The quantitative estimate of drug-likeness (QED) is 0.705. The Morgan fingerprint density at radius 1 is 1.47 bits per heavy atom. The minimum Gasteiger partial charge on any atom is -0.321 e. The van der Waals surface area contributed by atoms with Crippen molar-refractivity contribution in [3.63, 3.8) is 0 Å². The molecular formula is C13H11FN4O. The average Bonchev–Trinajstić information content (AvgIpc) is 2.93. The fourth-order valence-electron chi connectivity index (χ4n) is 1.43. The number of amides is 1. The third-order valence-corrected chi connectivity index (χ3v) is 2.29. The summed E-state index contributed by atoms with van der Waals surface area (Å²) in [6.45, 7) is 0.143. The Labute approximate surface area is 109 Å². The van der Waals surface area contributed by atoms with Crippen LogP contribution in [0, 0.1) is 17.7 Å². The molecule has 2 rings (SSSR count). The molecule has 2 aromatic rings. The molecular weight excluding hydrogens is 247 g/mol. The van der Waals surface area contributed by atoms with Crippen LogP contribution in [-0.2, 0) is 0 Å². The van der Waals surface area contributed by atoms with E-state index in [2.05, 4.69) is 27.4 Å². The maximum Gasteiger partial charge on any atom is 0.273 e. The summed E-state index contributed by atoms with van der Waals surface area (Å²) in [7, 11) is 0. The number of nitrogens with one attached hydrogen (secondary N) is 2. The first-order valence-corrected chi connectivity index (χ1v) is 5.50. The van der Waals surface area contributed by atoms with E-state index in [4.69, 9.17) is 5.73 Å². The van der Waals surface area contributed by atoms with E-state index in [0.29, 0.717) is 11.4 Å². The van der Waals surface area contributed by atoms with Gasteiger partial charge in [0.25, 0.3) is 5.91 Å². The molecule has 1 aromatic carbocycles. The molecule has 0 saturated carbocycles. The minimum absolute atomic E-state index is 0.143. The predicted octanol–water partition coefficient (Wildman–Crippen LogP) is 1.11. The Bertz CT molecular complexity index is 640. The third kappa shape index (κ3) is 3.18. The van der Waals surface area contributed by atoms with Gasteiger partial charge >= 0.3 is 0 Å². The third-order valence-electron chi connectivity index (χ3n) is 2.29. The van der Waals surface area contributed by atoms with Crippen molar-refractivity contribution >= 4 is 11.6 Å². The van der Waals surface area contributed by atoms with Crippen molar-refractivity contribution in [2.75, 3.05) is 11.9 Å². The maximum atomic E-state index is 13.4. The Morgan fingerprint density at radius 3 is 3.00 bits per heavy atom. The second-order valence-electron chi connectivity index (χ2n) is 3.62. The van der Waals surface area contributed by atoms with Crippen LogP contribution in [0.3, 0.4) is 0 Å². The van der Waals surface area contributed by atoms with E-state index in [-0.39, 0.29) is 18.0 Å². The zero-order valence-corrected chi connectivity index (χ0v) is 9.90. The summed E-state index contributed by atoms with van der Waals surface area (Å²) in [5.74, 6) is 4.34. The van der Waals surface area contributed by atoms with Crippen LogP contribution in [0.5, 0.6) is 0 Å². The molecule has 1 amide bonds. The van der Waals surface area contributed by atoms with Crippen molar-refractivity contribution in [1.82, 2.24) is 10.2 Å². The van der Waals surface area contributed by atoms with Gasteiger partial charge in [0.2, 0.25) is 0 Å². The second-order valence-corrected chi connectivity index (χ2v) is 3.62. The maximum absolute atomic E-state index is 13.4. The molecule has 0 aliphatic heterocycles. The lowest BCUT2D eigenvalue weighted by atomic mass is 10.2. The van der Waals surface area contributed by atoms with Crippen LogP contribution in [0.15, 0.2) is 30.5 Å². The molecule has 0 atom stereocenters. The molecule has 0 bridgehead atoms. The number of anilines is 1. The van der Waals surface area contributed by atoms with Crippen LogP contribution in [-0.4, -0.2) is 22.6 Å². The van der Waals surface area contributed by atoms with Gasteiger partial charge in [0.15, 0.2) is 0 Å². The molecule has 0 aliphatic rings. The number of carbonyl (C=O) groups is 1. The first kappa shape index (κ1) is 12.8. The monoisotopic (exact) mass is 258 g/mol. The molecule has 0 radical (unpaired) electrons. The predicted molar refractivity (Wildman–Crippen MR) is 68.9 cm³/mol. The largest absolute Gasteiger partial charge is 0.321 e. The van der Waals surface area contributed by atoms with E-state index >= 15 is 0 Å². The topological polar surface area (TPSA) is 83.8 Å². The summed E-state index contributed by atoms with van der Waals surface area (Å²) in [5, 5.41) is 8.82. The molecule has 5 nitrogen and oxygen atoms in total. The van der Waals surface area contributed by atoms with Crippen molar-refractivity contribution in [1.29, 1.82) is 0 Å². The van der Waals surface area contributed by atoms with Gasteiger partial charge in [0.1, 0.15) is 11.5 Å². The highest BCUT2D eigenvalue weighted by molar-refractivity contribution is 6.02. The first-order valence-electron chi connectivity index (χ1n) is 5.50.